The normalized spacial score (nSPS) is 12.9. The Morgan fingerprint density at radius 2 is 0.547 bits per heavy atom. The molecule has 0 fully saturated rings. The maximum absolute atomic E-state index is 12.9. The van der Waals surface area contributed by atoms with Crippen LogP contribution in [0.15, 0.2) is 122 Å². The van der Waals surface area contributed by atoms with Gasteiger partial charge in [0, 0.05) is 19.3 Å². The van der Waals surface area contributed by atoms with E-state index in [1.807, 2.05) is 6.08 Å². The summed E-state index contributed by atoms with van der Waals surface area (Å²) in [5, 5.41) is 0. The third-order valence-electron chi connectivity index (χ3n) is 13.0. The van der Waals surface area contributed by atoms with Gasteiger partial charge in [-0.1, -0.05) is 277 Å². The van der Waals surface area contributed by atoms with Gasteiger partial charge < -0.3 is 14.2 Å². The van der Waals surface area contributed by atoms with E-state index >= 15 is 0 Å². The Balaban J connectivity index is 4.54. The minimum absolute atomic E-state index is 0.115. The van der Waals surface area contributed by atoms with E-state index in [1.54, 1.807) is 0 Å². The molecule has 0 radical (unpaired) electrons. The first-order valence-electron chi connectivity index (χ1n) is 31.0. The second kappa shape index (κ2) is 62.4. The second-order valence-electron chi connectivity index (χ2n) is 20.2. The van der Waals surface area contributed by atoms with Gasteiger partial charge in [0.1, 0.15) is 13.2 Å². The van der Waals surface area contributed by atoms with Crippen molar-refractivity contribution in [3.8, 4) is 0 Å². The minimum Gasteiger partial charge on any atom is -0.462 e. The molecular weight excluding hydrogens is 925 g/mol. The Morgan fingerprint density at radius 3 is 0.920 bits per heavy atom. The third-order valence-corrected chi connectivity index (χ3v) is 13.0. The largest absolute Gasteiger partial charge is 0.462 e. The number of carbonyl (C=O) groups is 3. The average Bonchev–Trinajstić information content (AvgIpc) is 3.41. The number of esters is 3. The molecule has 0 aromatic heterocycles. The highest BCUT2D eigenvalue weighted by Gasteiger charge is 2.19. The maximum atomic E-state index is 12.9. The molecule has 6 heteroatoms. The first kappa shape index (κ1) is 70.8. The highest BCUT2D eigenvalue weighted by Crippen LogP contribution is 2.16. The fourth-order valence-electron chi connectivity index (χ4n) is 8.33. The van der Waals surface area contributed by atoms with Crippen molar-refractivity contribution in [2.45, 2.75) is 284 Å². The van der Waals surface area contributed by atoms with Crippen molar-refractivity contribution < 1.29 is 28.6 Å². The molecule has 0 rings (SSSR count). The summed E-state index contributed by atoms with van der Waals surface area (Å²) in [7, 11) is 0. The SMILES string of the molecule is CC/C=C/C/C=C/C/C=C/C/C=C/C/C=C/C/C=C/CCC(=O)OC[C@@H](COC(=O)CCCCCCCCCCCCCCCCCCCCC)OC(=O)CCCCC/C=C/C/C=C/C/C=C/C/C=C/CCCCC. The van der Waals surface area contributed by atoms with E-state index in [9.17, 15) is 14.4 Å². The van der Waals surface area contributed by atoms with Crippen LogP contribution in [0, 0.1) is 0 Å². The van der Waals surface area contributed by atoms with Gasteiger partial charge in [-0.2, -0.15) is 0 Å². The van der Waals surface area contributed by atoms with Crippen molar-refractivity contribution >= 4 is 17.9 Å². The number of carbonyl (C=O) groups excluding carboxylic acids is 3. The van der Waals surface area contributed by atoms with Crippen LogP contribution in [0.2, 0.25) is 0 Å². The zero-order valence-corrected chi connectivity index (χ0v) is 48.8. The average molecular weight is 1040 g/mol. The van der Waals surface area contributed by atoms with E-state index in [2.05, 4.69) is 136 Å². The van der Waals surface area contributed by atoms with Crippen LogP contribution in [-0.2, 0) is 28.6 Å². The molecular formula is C69H114O6. The molecule has 1 atom stereocenters. The molecule has 0 spiro atoms. The summed E-state index contributed by atoms with van der Waals surface area (Å²) in [6.45, 7) is 6.43. The lowest BCUT2D eigenvalue weighted by Gasteiger charge is -2.18. The smallest absolute Gasteiger partial charge is 0.306 e. The van der Waals surface area contributed by atoms with E-state index in [0.717, 1.165) is 96.3 Å². The summed E-state index contributed by atoms with van der Waals surface area (Å²) < 4.78 is 16.8. The molecule has 0 aromatic rings. The van der Waals surface area contributed by atoms with E-state index in [1.165, 1.54) is 128 Å². The molecule has 75 heavy (non-hydrogen) atoms. The summed E-state index contributed by atoms with van der Waals surface area (Å²) >= 11 is 0. The molecule has 0 aromatic carbocycles. The van der Waals surface area contributed by atoms with E-state index in [-0.39, 0.29) is 44.0 Å². The molecule has 0 bridgehead atoms. The van der Waals surface area contributed by atoms with Crippen LogP contribution in [-0.4, -0.2) is 37.2 Å². The van der Waals surface area contributed by atoms with Gasteiger partial charge in [-0.3, -0.25) is 14.4 Å². The van der Waals surface area contributed by atoms with Gasteiger partial charge in [0.2, 0.25) is 0 Å². The quantitative estimate of drug-likeness (QED) is 0.0261. The first-order valence-corrected chi connectivity index (χ1v) is 31.0. The minimum atomic E-state index is -0.829. The molecule has 0 aliphatic rings. The molecule has 0 unspecified atom stereocenters. The molecule has 0 heterocycles. The summed E-state index contributed by atoms with van der Waals surface area (Å²) in [5.41, 5.74) is 0. The highest BCUT2D eigenvalue weighted by molar-refractivity contribution is 5.71. The summed E-state index contributed by atoms with van der Waals surface area (Å²) in [6.07, 6.45) is 86.4. The van der Waals surface area contributed by atoms with E-state index < -0.39 is 6.10 Å². The van der Waals surface area contributed by atoms with Crippen molar-refractivity contribution in [3.05, 3.63) is 122 Å². The van der Waals surface area contributed by atoms with Gasteiger partial charge in [-0.05, 0) is 103 Å². The summed E-state index contributed by atoms with van der Waals surface area (Å²) in [5.74, 6) is -1.03. The standard InChI is InChI=1S/C69H114O6/c1-4-7-10-13-16-19-22-25-28-31-34-37-40-43-46-49-52-55-58-61-67(70)73-64-66(75-69(72)63-60-57-54-51-48-45-42-39-36-33-30-27-24-21-18-15-12-9-6-3)65-74-68(71)62-59-56-53-50-47-44-41-38-35-32-29-26-23-20-17-14-11-8-5-2/h7,10,16,18-19,21,25,27-28,30,34,36-37,39,43,45-46,48,52,55,66H,4-6,8-9,11-15,17,20,22-24,26,29,31-33,35,38,40-42,44,47,49-51,53-54,56-65H2,1-3H3/b10-7+,19-16+,21-18+,28-25+,30-27+,37-34+,39-36+,46-43+,48-45+,55-52+/t66-/m0/s1. The number of unbranched alkanes of at least 4 members (excludes halogenated alkanes) is 24. The van der Waals surface area contributed by atoms with Crippen LogP contribution in [0.1, 0.15) is 278 Å². The van der Waals surface area contributed by atoms with Crippen LogP contribution >= 0.6 is 0 Å². The molecule has 0 saturated carbocycles. The molecule has 0 N–H and O–H groups in total. The molecule has 0 amide bonds. The number of allylic oxidation sites excluding steroid dienone is 20. The molecule has 426 valence electrons. The molecule has 6 nitrogen and oxygen atoms in total. The Hall–Kier alpha value is -4.19. The van der Waals surface area contributed by atoms with Crippen LogP contribution in [0.4, 0.5) is 0 Å². The summed E-state index contributed by atoms with van der Waals surface area (Å²) in [4.78, 5) is 38.3. The van der Waals surface area contributed by atoms with Crippen molar-refractivity contribution in [1.82, 2.24) is 0 Å². The Morgan fingerprint density at radius 1 is 0.280 bits per heavy atom. The van der Waals surface area contributed by atoms with Crippen LogP contribution in [0.3, 0.4) is 0 Å². The molecule has 0 aliphatic heterocycles. The Bertz CT molecular complexity index is 1570. The van der Waals surface area contributed by atoms with Crippen molar-refractivity contribution in [1.29, 1.82) is 0 Å². The predicted octanol–water partition coefficient (Wildman–Crippen LogP) is 21.2. The van der Waals surface area contributed by atoms with Crippen molar-refractivity contribution in [2.75, 3.05) is 13.2 Å². The number of ether oxygens (including phenoxy) is 3. The van der Waals surface area contributed by atoms with Crippen molar-refractivity contribution in [2.24, 2.45) is 0 Å². The predicted molar refractivity (Wildman–Crippen MR) is 325 cm³/mol. The number of rotatable bonds is 55. The van der Waals surface area contributed by atoms with E-state index in [0.29, 0.717) is 19.3 Å². The van der Waals surface area contributed by atoms with Gasteiger partial charge in [0.05, 0.1) is 0 Å². The Labute approximate surface area is 462 Å². The fourth-order valence-corrected chi connectivity index (χ4v) is 8.33. The number of hydrogen-bond acceptors (Lipinski definition) is 6. The van der Waals surface area contributed by atoms with Gasteiger partial charge in [0.15, 0.2) is 6.10 Å². The van der Waals surface area contributed by atoms with Gasteiger partial charge in [0.25, 0.3) is 0 Å². The van der Waals surface area contributed by atoms with Crippen LogP contribution < -0.4 is 0 Å². The van der Waals surface area contributed by atoms with E-state index in [4.69, 9.17) is 14.2 Å². The highest BCUT2D eigenvalue weighted by atomic mass is 16.6. The number of hydrogen-bond donors (Lipinski definition) is 0. The Kier molecular flexibility index (Phi) is 58.9. The zero-order chi connectivity index (χ0) is 54.3. The van der Waals surface area contributed by atoms with Gasteiger partial charge >= 0.3 is 17.9 Å². The zero-order valence-electron chi connectivity index (χ0n) is 48.8. The third kappa shape index (κ3) is 60.6. The van der Waals surface area contributed by atoms with Crippen LogP contribution in [0.5, 0.6) is 0 Å². The topological polar surface area (TPSA) is 78.9 Å². The molecule has 0 aliphatic carbocycles. The lowest BCUT2D eigenvalue weighted by Crippen LogP contribution is -2.30. The lowest BCUT2D eigenvalue weighted by molar-refractivity contribution is -0.166. The lowest BCUT2D eigenvalue weighted by atomic mass is 10.0. The maximum Gasteiger partial charge on any atom is 0.306 e. The van der Waals surface area contributed by atoms with Crippen molar-refractivity contribution in [3.63, 3.8) is 0 Å². The van der Waals surface area contributed by atoms with Gasteiger partial charge in [-0.25, -0.2) is 0 Å². The fraction of sp³-hybridized carbons (Fsp3) is 0.667. The molecule has 0 saturated heterocycles. The summed E-state index contributed by atoms with van der Waals surface area (Å²) in [6, 6.07) is 0. The van der Waals surface area contributed by atoms with Crippen LogP contribution in [0.25, 0.3) is 0 Å². The van der Waals surface area contributed by atoms with Gasteiger partial charge in [-0.15, -0.1) is 0 Å². The second-order valence-corrected chi connectivity index (χ2v) is 20.2. The monoisotopic (exact) mass is 1040 g/mol. The first-order chi connectivity index (χ1) is 37.0.